The molecule has 1 heterocycles. The first-order chi connectivity index (χ1) is 15.7. The summed E-state index contributed by atoms with van der Waals surface area (Å²) in [6.07, 6.45) is 6.29. The van der Waals surface area contributed by atoms with E-state index in [9.17, 15) is 23.2 Å². The monoisotopic (exact) mass is 474 g/mol. The van der Waals surface area contributed by atoms with Crippen molar-refractivity contribution in [2.75, 3.05) is 6.61 Å². The minimum absolute atomic E-state index is 0.0662. The van der Waals surface area contributed by atoms with Gasteiger partial charge in [-0.1, -0.05) is 32.6 Å². The predicted octanol–water partition coefficient (Wildman–Crippen LogP) is 5.70. The Morgan fingerprint density at radius 3 is 2.52 bits per heavy atom. The molecule has 1 aliphatic carbocycles. The molecule has 0 radical (unpaired) electrons. The van der Waals surface area contributed by atoms with E-state index in [2.05, 4.69) is 0 Å². The van der Waals surface area contributed by atoms with E-state index in [0.29, 0.717) is 32.3 Å². The molecule has 8 heteroatoms. The molecular weight excluding hydrogens is 434 g/mol. The fraction of sp³-hybridized carbons (Fsp3) is 0.880. The molecule has 0 spiro atoms. The van der Waals surface area contributed by atoms with Gasteiger partial charge in [0.25, 0.3) is 0 Å². The smallest absolute Gasteiger partial charge is 0.305 e. The lowest BCUT2D eigenvalue weighted by molar-refractivity contribution is -0.196. The van der Waals surface area contributed by atoms with E-state index in [-0.39, 0.29) is 49.6 Å². The van der Waals surface area contributed by atoms with Crippen LogP contribution in [0.1, 0.15) is 103 Å². The van der Waals surface area contributed by atoms with Gasteiger partial charge >= 0.3 is 11.9 Å². The molecule has 1 aliphatic heterocycles. The molecular formula is C25H40F2O6. The number of unbranched alkanes of at least 4 members (excludes halogenated alkanes) is 4. The highest BCUT2D eigenvalue weighted by Gasteiger charge is 2.45. The maximum Gasteiger partial charge on any atom is 0.305 e. The summed E-state index contributed by atoms with van der Waals surface area (Å²) in [6.45, 7) is 2.42. The van der Waals surface area contributed by atoms with Crippen LogP contribution in [0.4, 0.5) is 8.78 Å². The van der Waals surface area contributed by atoms with Crippen molar-refractivity contribution < 1.29 is 37.7 Å². The van der Waals surface area contributed by atoms with E-state index >= 15 is 0 Å². The number of alkyl halides is 2. The lowest BCUT2D eigenvalue weighted by Crippen LogP contribution is -2.33. The Morgan fingerprint density at radius 1 is 1.09 bits per heavy atom. The van der Waals surface area contributed by atoms with Crippen LogP contribution >= 0.6 is 0 Å². The number of carbonyl (C=O) groups excluding carboxylic acids is 2. The molecule has 2 aliphatic rings. The maximum absolute atomic E-state index is 14.2. The van der Waals surface area contributed by atoms with Crippen molar-refractivity contribution in [3.8, 4) is 0 Å². The zero-order valence-corrected chi connectivity index (χ0v) is 19.9. The first kappa shape index (κ1) is 27.8. The number of Topliss-reactive ketones (excluding diaryl/α,β-unsaturated/α-hetero) is 2. The molecule has 1 N–H and O–H groups in total. The van der Waals surface area contributed by atoms with Crippen molar-refractivity contribution in [1.29, 1.82) is 0 Å². The van der Waals surface area contributed by atoms with Crippen LogP contribution in [0.3, 0.4) is 0 Å². The van der Waals surface area contributed by atoms with Crippen molar-refractivity contribution in [3.05, 3.63) is 0 Å². The summed E-state index contributed by atoms with van der Waals surface area (Å²) in [4.78, 5) is 35.7. The van der Waals surface area contributed by atoms with Crippen molar-refractivity contribution in [2.24, 2.45) is 11.8 Å². The number of hydrogen-bond donors (Lipinski definition) is 1. The number of rotatable bonds is 16. The van der Waals surface area contributed by atoms with E-state index in [1.807, 2.05) is 6.92 Å². The number of carboxylic acids is 1. The van der Waals surface area contributed by atoms with Gasteiger partial charge in [0.15, 0.2) is 6.29 Å². The van der Waals surface area contributed by atoms with E-state index in [1.165, 1.54) is 0 Å². The van der Waals surface area contributed by atoms with Crippen LogP contribution in [0.2, 0.25) is 0 Å². The summed E-state index contributed by atoms with van der Waals surface area (Å²) >= 11 is 0. The number of ketones is 2. The molecule has 33 heavy (non-hydrogen) atoms. The zero-order chi connectivity index (χ0) is 24.3. The number of ether oxygens (including phenoxy) is 2. The van der Waals surface area contributed by atoms with Gasteiger partial charge in [-0.05, 0) is 50.9 Å². The highest BCUT2D eigenvalue weighted by molar-refractivity contribution is 5.86. The Kier molecular flexibility index (Phi) is 11.9. The van der Waals surface area contributed by atoms with Crippen LogP contribution in [0.15, 0.2) is 0 Å². The molecule has 2 rings (SSSR count). The molecule has 0 amide bonds. The van der Waals surface area contributed by atoms with Gasteiger partial charge < -0.3 is 14.6 Å². The molecule has 0 aromatic heterocycles. The number of aliphatic carboxylic acids is 1. The maximum atomic E-state index is 14.2. The molecule has 1 saturated heterocycles. The zero-order valence-electron chi connectivity index (χ0n) is 19.9. The normalized spacial score (nSPS) is 26.0. The van der Waals surface area contributed by atoms with Crippen LogP contribution in [-0.2, 0) is 23.9 Å². The summed E-state index contributed by atoms with van der Waals surface area (Å²) < 4.78 is 40.2. The molecule has 0 aromatic carbocycles. The second-order valence-electron chi connectivity index (χ2n) is 9.53. The van der Waals surface area contributed by atoms with Gasteiger partial charge in [0.1, 0.15) is 5.78 Å². The number of carbonyl (C=O) groups is 3. The van der Waals surface area contributed by atoms with Gasteiger partial charge in [0.2, 0.25) is 5.78 Å². The van der Waals surface area contributed by atoms with Gasteiger partial charge in [0.05, 0.1) is 6.10 Å². The SMILES string of the molecule is CCCCC(F)(F)C(=O)CC[C@H]1[C@H](O[C@H]2CCCCO2)CC(=O)[C@@H]1CCCCCCC(=O)O. The highest BCUT2D eigenvalue weighted by atomic mass is 19.3. The minimum Gasteiger partial charge on any atom is -0.481 e. The number of carboxylic acid groups (broad SMARTS) is 1. The second-order valence-corrected chi connectivity index (χ2v) is 9.53. The van der Waals surface area contributed by atoms with E-state index in [0.717, 1.165) is 38.5 Å². The minimum atomic E-state index is -3.32. The van der Waals surface area contributed by atoms with Crippen molar-refractivity contribution in [1.82, 2.24) is 0 Å². The lowest BCUT2D eigenvalue weighted by Gasteiger charge is -2.30. The Morgan fingerprint density at radius 2 is 1.85 bits per heavy atom. The van der Waals surface area contributed by atoms with Crippen LogP contribution < -0.4 is 0 Å². The van der Waals surface area contributed by atoms with Gasteiger partial charge in [-0.25, -0.2) is 0 Å². The van der Waals surface area contributed by atoms with Crippen LogP contribution in [0, 0.1) is 11.8 Å². The van der Waals surface area contributed by atoms with E-state index in [4.69, 9.17) is 14.6 Å². The molecule has 0 bridgehead atoms. The number of halogens is 2. The van der Waals surface area contributed by atoms with Gasteiger partial charge in [0, 0.05) is 38.2 Å². The predicted molar refractivity (Wildman–Crippen MR) is 119 cm³/mol. The van der Waals surface area contributed by atoms with Gasteiger partial charge in [-0.2, -0.15) is 8.78 Å². The summed E-state index contributed by atoms with van der Waals surface area (Å²) in [5.41, 5.74) is 0. The van der Waals surface area contributed by atoms with E-state index < -0.39 is 30.2 Å². The third kappa shape index (κ3) is 9.39. The van der Waals surface area contributed by atoms with Crippen LogP contribution in [0.25, 0.3) is 0 Å². The summed E-state index contributed by atoms with van der Waals surface area (Å²) in [6, 6.07) is 0. The fourth-order valence-corrected chi connectivity index (χ4v) is 4.94. The Balaban J connectivity index is 1.95. The highest BCUT2D eigenvalue weighted by Crippen LogP contribution is 2.40. The summed E-state index contributed by atoms with van der Waals surface area (Å²) in [5.74, 6) is -5.69. The lowest BCUT2D eigenvalue weighted by atomic mass is 9.84. The molecule has 0 unspecified atom stereocenters. The number of hydrogen-bond acceptors (Lipinski definition) is 5. The average molecular weight is 475 g/mol. The first-order valence-electron chi connectivity index (χ1n) is 12.7. The molecule has 1 saturated carbocycles. The van der Waals surface area contributed by atoms with Crippen LogP contribution in [0.5, 0.6) is 0 Å². The van der Waals surface area contributed by atoms with Crippen LogP contribution in [-0.4, -0.2) is 47.6 Å². The Bertz CT molecular complexity index is 632. The van der Waals surface area contributed by atoms with Crippen molar-refractivity contribution in [3.63, 3.8) is 0 Å². The average Bonchev–Trinajstić information content (AvgIpc) is 3.07. The summed E-state index contributed by atoms with van der Waals surface area (Å²) in [5, 5.41) is 8.73. The fourth-order valence-electron chi connectivity index (χ4n) is 4.94. The summed E-state index contributed by atoms with van der Waals surface area (Å²) in [7, 11) is 0. The second kappa shape index (κ2) is 14.1. The standard InChI is InChI=1S/C25H40F2O6/c1-2-3-15-25(26,27)22(29)14-13-19-18(10-6-4-5-7-11-23(30)31)20(28)17-21(19)33-24-12-8-9-16-32-24/h18-19,21,24H,2-17H2,1H3,(H,30,31)/t18-,19-,21-,24+/m1/s1. The molecule has 2 fully saturated rings. The molecule has 6 nitrogen and oxygen atoms in total. The topological polar surface area (TPSA) is 89.9 Å². The van der Waals surface area contributed by atoms with E-state index in [1.54, 1.807) is 0 Å². The largest absolute Gasteiger partial charge is 0.481 e. The third-order valence-corrected chi connectivity index (χ3v) is 6.89. The van der Waals surface area contributed by atoms with Gasteiger partial charge in [-0.3, -0.25) is 14.4 Å². The first-order valence-corrected chi connectivity index (χ1v) is 12.7. The third-order valence-electron chi connectivity index (χ3n) is 6.89. The molecule has 4 atom stereocenters. The Hall–Kier alpha value is -1.41. The molecule has 190 valence electrons. The quantitative estimate of drug-likeness (QED) is 0.289. The Labute approximate surface area is 195 Å². The molecule has 0 aromatic rings. The van der Waals surface area contributed by atoms with Gasteiger partial charge in [-0.15, -0.1) is 0 Å². The van der Waals surface area contributed by atoms with Crippen molar-refractivity contribution in [2.45, 2.75) is 122 Å². The van der Waals surface area contributed by atoms with Crippen molar-refractivity contribution >= 4 is 17.5 Å².